The molecule has 2 aromatic carbocycles. The molecular weight excluding hydrogens is 404 g/mol. The molecule has 0 bridgehead atoms. The Hall–Kier alpha value is -3.28. The zero-order valence-electron chi connectivity index (χ0n) is 20.1. The van der Waals surface area contributed by atoms with Crippen molar-refractivity contribution < 1.29 is 19.1 Å². The first-order chi connectivity index (χ1) is 14.9. The molecule has 2 aromatic rings. The first-order valence-electron chi connectivity index (χ1n) is 10.6. The van der Waals surface area contributed by atoms with Crippen LogP contribution in [0.15, 0.2) is 42.1 Å². The van der Waals surface area contributed by atoms with Crippen LogP contribution in [0.1, 0.15) is 58.2 Å². The first-order valence-corrected chi connectivity index (χ1v) is 10.6. The number of amides is 3. The third kappa shape index (κ3) is 4.22. The summed E-state index contributed by atoms with van der Waals surface area (Å²) >= 11 is 0. The molecule has 0 aliphatic carbocycles. The van der Waals surface area contributed by atoms with Gasteiger partial charge in [0.15, 0.2) is 11.5 Å². The number of imide groups is 1. The van der Waals surface area contributed by atoms with E-state index in [1.807, 2.05) is 6.07 Å². The summed E-state index contributed by atoms with van der Waals surface area (Å²) in [5.41, 5.74) is 2.98. The fourth-order valence-corrected chi connectivity index (χ4v) is 3.87. The van der Waals surface area contributed by atoms with E-state index in [1.54, 1.807) is 44.6 Å². The summed E-state index contributed by atoms with van der Waals surface area (Å²) in [6, 6.07) is 10.5. The van der Waals surface area contributed by atoms with Gasteiger partial charge in [0, 0.05) is 11.1 Å². The standard InChI is InChI=1S/C26H32N2O4/c1-25(2,3)18-15-19(26(4,5)6)22(32-8)21(31-7)17(18)14-20-23(29)28(24(30)27-20)16-12-10-9-11-13-16/h9-15H,1-8H3,(H,27,30)/b20-14-. The van der Waals surface area contributed by atoms with Gasteiger partial charge in [0.05, 0.1) is 19.9 Å². The highest BCUT2D eigenvalue weighted by Crippen LogP contribution is 2.46. The summed E-state index contributed by atoms with van der Waals surface area (Å²) in [6.07, 6.45) is 1.69. The van der Waals surface area contributed by atoms with Crippen LogP contribution in [0.25, 0.3) is 6.08 Å². The Morgan fingerprint density at radius 2 is 1.41 bits per heavy atom. The minimum Gasteiger partial charge on any atom is -0.493 e. The van der Waals surface area contributed by atoms with E-state index in [0.29, 0.717) is 22.7 Å². The molecule has 0 atom stereocenters. The van der Waals surface area contributed by atoms with Gasteiger partial charge in [-0.2, -0.15) is 0 Å². The zero-order valence-corrected chi connectivity index (χ0v) is 20.1. The average molecular weight is 437 g/mol. The topological polar surface area (TPSA) is 67.9 Å². The van der Waals surface area contributed by atoms with Crippen molar-refractivity contribution >= 4 is 23.7 Å². The Bertz CT molecular complexity index is 1070. The Morgan fingerprint density at radius 1 is 0.844 bits per heavy atom. The summed E-state index contributed by atoms with van der Waals surface area (Å²) < 4.78 is 11.6. The molecule has 32 heavy (non-hydrogen) atoms. The molecular formula is C26H32N2O4. The highest BCUT2D eigenvalue weighted by atomic mass is 16.5. The van der Waals surface area contributed by atoms with E-state index >= 15 is 0 Å². The van der Waals surface area contributed by atoms with Crippen LogP contribution in [0, 0.1) is 0 Å². The molecule has 6 nitrogen and oxygen atoms in total. The van der Waals surface area contributed by atoms with Crippen LogP contribution in [0.3, 0.4) is 0 Å². The summed E-state index contributed by atoms with van der Waals surface area (Å²) in [5, 5.41) is 2.72. The van der Waals surface area contributed by atoms with Crippen molar-refractivity contribution in [2.45, 2.75) is 52.4 Å². The quantitative estimate of drug-likeness (QED) is 0.515. The summed E-state index contributed by atoms with van der Waals surface area (Å²) in [7, 11) is 3.20. The lowest BCUT2D eigenvalue weighted by atomic mass is 9.77. The van der Waals surface area contributed by atoms with Crippen molar-refractivity contribution in [2.75, 3.05) is 19.1 Å². The Balaban J connectivity index is 2.24. The average Bonchev–Trinajstić information content (AvgIpc) is 2.99. The van der Waals surface area contributed by atoms with Crippen LogP contribution in [-0.4, -0.2) is 26.2 Å². The van der Waals surface area contributed by atoms with E-state index in [4.69, 9.17) is 9.47 Å². The maximum Gasteiger partial charge on any atom is 0.333 e. The number of urea groups is 1. The van der Waals surface area contributed by atoms with Crippen molar-refractivity contribution in [3.8, 4) is 11.5 Å². The van der Waals surface area contributed by atoms with E-state index in [2.05, 4.69) is 52.9 Å². The predicted octanol–water partition coefficient (Wildman–Crippen LogP) is 5.40. The second-order valence-corrected chi connectivity index (χ2v) is 9.92. The van der Waals surface area contributed by atoms with Crippen molar-refractivity contribution in [1.29, 1.82) is 0 Å². The van der Waals surface area contributed by atoms with E-state index in [-0.39, 0.29) is 16.5 Å². The van der Waals surface area contributed by atoms with Crippen molar-refractivity contribution in [3.05, 3.63) is 58.8 Å². The lowest BCUT2D eigenvalue weighted by Gasteiger charge is -2.30. The van der Waals surface area contributed by atoms with Gasteiger partial charge in [0.1, 0.15) is 5.70 Å². The zero-order chi connectivity index (χ0) is 23.8. The molecule has 3 rings (SSSR count). The SMILES string of the molecule is COc1c(C(C)(C)C)cc(C(C)(C)C)c(/C=C2\NC(=O)N(c3ccccc3)C2=O)c1OC. The number of carbonyl (C=O) groups is 2. The maximum atomic E-state index is 13.2. The van der Waals surface area contributed by atoms with Gasteiger partial charge in [0.25, 0.3) is 5.91 Å². The van der Waals surface area contributed by atoms with Crippen LogP contribution in [-0.2, 0) is 15.6 Å². The number of methoxy groups -OCH3 is 2. The summed E-state index contributed by atoms with van der Waals surface area (Å²) in [5.74, 6) is 0.746. The molecule has 0 unspecified atom stereocenters. The molecule has 1 heterocycles. The van der Waals surface area contributed by atoms with Crippen LogP contribution >= 0.6 is 0 Å². The monoisotopic (exact) mass is 436 g/mol. The number of nitrogens with one attached hydrogen (secondary N) is 1. The van der Waals surface area contributed by atoms with E-state index in [0.717, 1.165) is 16.0 Å². The van der Waals surface area contributed by atoms with Crippen molar-refractivity contribution in [1.82, 2.24) is 5.32 Å². The highest BCUT2D eigenvalue weighted by molar-refractivity contribution is 6.28. The molecule has 0 saturated carbocycles. The number of hydrogen-bond donors (Lipinski definition) is 1. The molecule has 0 spiro atoms. The van der Waals surface area contributed by atoms with Gasteiger partial charge in [-0.25, -0.2) is 9.69 Å². The molecule has 170 valence electrons. The largest absolute Gasteiger partial charge is 0.493 e. The number of hydrogen-bond acceptors (Lipinski definition) is 4. The number of carbonyl (C=O) groups excluding carboxylic acids is 2. The maximum absolute atomic E-state index is 13.2. The van der Waals surface area contributed by atoms with E-state index in [9.17, 15) is 9.59 Å². The third-order valence-electron chi connectivity index (χ3n) is 5.48. The van der Waals surface area contributed by atoms with Gasteiger partial charge >= 0.3 is 6.03 Å². The fourth-order valence-electron chi connectivity index (χ4n) is 3.87. The second-order valence-electron chi connectivity index (χ2n) is 9.92. The number of para-hydroxylation sites is 1. The number of anilines is 1. The van der Waals surface area contributed by atoms with Gasteiger partial charge in [-0.3, -0.25) is 4.79 Å². The van der Waals surface area contributed by atoms with E-state index < -0.39 is 11.9 Å². The van der Waals surface area contributed by atoms with Crippen LogP contribution in [0.2, 0.25) is 0 Å². The number of ether oxygens (including phenoxy) is 2. The van der Waals surface area contributed by atoms with Gasteiger partial charge in [-0.1, -0.05) is 65.8 Å². The summed E-state index contributed by atoms with van der Waals surface area (Å²) in [4.78, 5) is 26.9. The Labute approximate surface area is 190 Å². The molecule has 1 N–H and O–H groups in total. The van der Waals surface area contributed by atoms with Crippen LogP contribution in [0.5, 0.6) is 11.5 Å². The normalized spacial score (nSPS) is 15.9. The molecule has 1 aliphatic heterocycles. The highest BCUT2D eigenvalue weighted by Gasteiger charge is 2.36. The van der Waals surface area contributed by atoms with Gasteiger partial charge < -0.3 is 14.8 Å². The van der Waals surface area contributed by atoms with Crippen molar-refractivity contribution in [2.24, 2.45) is 0 Å². The van der Waals surface area contributed by atoms with Crippen molar-refractivity contribution in [3.63, 3.8) is 0 Å². The molecule has 1 aliphatic rings. The molecule has 0 aromatic heterocycles. The van der Waals surface area contributed by atoms with Crippen LogP contribution in [0.4, 0.5) is 10.5 Å². The van der Waals surface area contributed by atoms with Crippen LogP contribution < -0.4 is 19.7 Å². The number of benzene rings is 2. The Morgan fingerprint density at radius 3 is 1.91 bits per heavy atom. The smallest absolute Gasteiger partial charge is 0.333 e. The van der Waals surface area contributed by atoms with Gasteiger partial charge in [-0.15, -0.1) is 0 Å². The third-order valence-corrected chi connectivity index (χ3v) is 5.48. The molecule has 6 heteroatoms. The second kappa shape index (κ2) is 8.34. The number of nitrogens with zero attached hydrogens (tertiary/aromatic N) is 1. The molecule has 0 radical (unpaired) electrons. The number of rotatable bonds is 4. The minimum absolute atomic E-state index is 0.188. The van der Waals surface area contributed by atoms with Gasteiger partial charge in [-0.05, 0) is 34.6 Å². The fraction of sp³-hybridized carbons (Fsp3) is 0.385. The molecule has 1 saturated heterocycles. The van der Waals surface area contributed by atoms with Gasteiger partial charge in [0.2, 0.25) is 0 Å². The van der Waals surface area contributed by atoms with E-state index in [1.165, 1.54) is 0 Å². The molecule has 1 fully saturated rings. The lowest BCUT2D eigenvalue weighted by molar-refractivity contribution is -0.113. The minimum atomic E-state index is -0.484. The first kappa shape index (κ1) is 23.4. The molecule has 3 amide bonds. The lowest BCUT2D eigenvalue weighted by Crippen LogP contribution is -2.30. The summed E-state index contributed by atoms with van der Waals surface area (Å²) in [6.45, 7) is 12.7. The predicted molar refractivity (Wildman–Crippen MR) is 127 cm³/mol. The Kier molecular flexibility index (Phi) is 6.09.